The van der Waals surface area contributed by atoms with E-state index in [0.29, 0.717) is 44.4 Å². The summed E-state index contributed by atoms with van der Waals surface area (Å²) in [6, 6.07) is 13.3. The number of carbonyl (C=O) groups is 1. The van der Waals surface area contributed by atoms with Crippen molar-refractivity contribution in [2.45, 2.75) is 26.9 Å². The van der Waals surface area contributed by atoms with Crippen LogP contribution in [0, 0.1) is 6.92 Å². The minimum Gasteiger partial charge on any atom is -0.491 e. The topological polar surface area (TPSA) is 98.0 Å². The first-order valence-corrected chi connectivity index (χ1v) is 9.66. The van der Waals surface area contributed by atoms with Crippen LogP contribution in [0.15, 0.2) is 47.5 Å². The molecule has 7 heteroatoms. The number of primary amides is 1. The van der Waals surface area contributed by atoms with Crippen LogP contribution in [0.25, 0.3) is 0 Å². The lowest BCUT2D eigenvalue weighted by Gasteiger charge is -2.15. The maximum absolute atomic E-state index is 11.2. The average Bonchev–Trinajstić information content (AvgIpc) is 2.72. The van der Waals surface area contributed by atoms with Crippen LogP contribution in [0.5, 0.6) is 5.75 Å². The van der Waals surface area contributed by atoms with Gasteiger partial charge in [0.2, 0.25) is 5.91 Å². The number of aliphatic imine (C=N–C) groups is 1. The SMILES string of the molecule is CCOCCOc1cc(C)ccc1CNC(=NC)NCc1ccc(C(N)=O)cc1. The van der Waals surface area contributed by atoms with Gasteiger partial charge in [-0.15, -0.1) is 0 Å². The molecule has 0 fully saturated rings. The lowest BCUT2D eigenvalue weighted by atomic mass is 10.1. The molecule has 156 valence electrons. The molecule has 2 rings (SSSR count). The van der Waals surface area contributed by atoms with Crippen molar-refractivity contribution in [1.82, 2.24) is 10.6 Å². The van der Waals surface area contributed by atoms with E-state index in [-0.39, 0.29) is 0 Å². The second-order valence-electron chi connectivity index (χ2n) is 6.50. The molecular formula is C22H30N4O3. The summed E-state index contributed by atoms with van der Waals surface area (Å²) in [7, 11) is 1.72. The zero-order valence-corrected chi connectivity index (χ0v) is 17.3. The van der Waals surface area contributed by atoms with Crippen molar-refractivity contribution >= 4 is 11.9 Å². The number of ether oxygens (including phenoxy) is 2. The predicted molar refractivity (Wildman–Crippen MR) is 115 cm³/mol. The van der Waals surface area contributed by atoms with Crippen LogP contribution >= 0.6 is 0 Å². The predicted octanol–water partition coefficient (Wildman–Crippen LogP) is 2.37. The van der Waals surface area contributed by atoms with Gasteiger partial charge in [0.25, 0.3) is 0 Å². The molecule has 29 heavy (non-hydrogen) atoms. The molecule has 0 saturated heterocycles. The van der Waals surface area contributed by atoms with Gasteiger partial charge in [-0.25, -0.2) is 0 Å². The first-order chi connectivity index (χ1) is 14.0. The van der Waals surface area contributed by atoms with Gasteiger partial charge in [-0.1, -0.05) is 24.3 Å². The third-order valence-corrected chi connectivity index (χ3v) is 4.28. The summed E-state index contributed by atoms with van der Waals surface area (Å²) in [4.78, 5) is 15.4. The first-order valence-electron chi connectivity index (χ1n) is 9.66. The van der Waals surface area contributed by atoms with Gasteiger partial charge >= 0.3 is 0 Å². The van der Waals surface area contributed by atoms with Crippen LogP contribution in [0.2, 0.25) is 0 Å². The summed E-state index contributed by atoms with van der Waals surface area (Å²) in [5.41, 5.74) is 8.97. The van der Waals surface area contributed by atoms with Crippen molar-refractivity contribution in [3.63, 3.8) is 0 Å². The molecule has 2 aromatic carbocycles. The van der Waals surface area contributed by atoms with E-state index in [9.17, 15) is 4.79 Å². The number of hydrogen-bond donors (Lipinski definition) is 3. The summed E-state index contributed by atoms with van der Waals surface area (Å²) in [6.45, 7) is 6.91. The molecule has 2 aromatic rings. The Balaban J connectivity index is 1.90. The lowest BCUT2D eigenvalue weighted by Crippen LogP contribution is -2.36. The van der Waals surface area contributed by atoms with E-state index < -0.39 is 5.91 Å². The maximum Gasteiger partial charge on any atom is 0.248 e. The normalized spacial score (nSPS) is 11.2. The zero-order valence-electron chi connectivity index (χ0n) is 17.3. The summed E-state index contributed by atoms with van der Waals surface area (Å²) in [5.74, 6) is 1.08. The Labute approximate surface area is 172 Å². The van der Waals surface area contributed by atoms with Crippen molar-refractivity contribution < 1.29 is 14.3 Å². The molecule has 0 aliphatic rings. The first kappa shape index (κ1) is 22.2. The number of nitrogens with two attached hydrogens (primary N) is 1. The second kappa shape index (κ2) is 11.7. The van der Waals surface area contributed by atoms with E-state index in [2.05, 4.69) is 21.7 Å². The fourth-order valence-electron chi connectivity index (χ4n) is 2.67. The molecule has 1 amide bonds. The van der Waals surface area contributed by atoms with E-state index in [4.69, 9.17) is 15.2 Å². The fraction of sp³-hybridized carbons (Fsp3) is 0.364. The zero-order chi connectivity index (χ0) is 21.1. The van der Waals surface area contributed by atoms with Crippen molar-refractivity contribution in [1.29, 1.82) is 0 Å². The van der Waals surface area contributed by atoms with Crippen LogP contribution in [0.3, 0.4) is 0 Å². The lowest BCUT2D eigenvalue weighted by molar-refractivity contribution is 0.100. The standard InChI is InChI=1S/C22H30N4O3/c1-4-28-11-12-29-20-13-16(2)5-8-19(20)15-26-22(24-3)25-14-17-6-9-18(10-7-17)21(23)27/h5-10,13H,4,11-12,14-15H2,1-3H3,(H2,23,27)(H2,24,25,26). The highest BCUT2D eigenvalue weighted by Crippen LogP contribution is 2.20. The fourth-order valence-corrected chi connectivity index (χ4v) is 2.67. The van der Waals surface area contributed by atoms with E-state index in [0.717, 1.165) is 22.4 Å². The van der Waals surface area contributed by atoms with Gasteiger partial charge in [0, 0.05) is 37.9 Å². The van der Waals surface area contributed by atoms with Crippen molar-refractivity contribution in [3.8, 4) is 5.75 Å². The highest BCUT2D eigenvalue weighted by atomic mass is 16.5. The highest BCUT2D eigenvalue weighted by molar-refractivity contribution is 5.92. The molecule has 0 unspecified atom stereocenters. The third kappa shape index (κ3) is 7.46. The molecule has 0 aliphatic heterocycles. The summed E-state index contributed by atoms with van der Waals surface area (Å²) in [5, 5.41) is 6.56. The van der Waals surface area contributed by atoms with E-state index in [1.807, 2.05) is 38.1 Å². The van der Waals surface area contributed by atoms with Gasteiger partial charge in [-0.2, -0.15) is 0 Å². The number of nitrogens with one attached hydrogen (secondary N) is 2. The van der Waals surface area contributed by atoms with Gasteiger partial charge in [0.1, 0.15) is 12.4 Å². The van der Waals surface area contributed by atoms with Crippen LogP contribution in [-0.2, 0) is 17.8 Å². The molecule has 7 nitrogen and oxygen atoms in total. The monoisotopic (exact) mass is 398 g/mol. The molecule has 0 bridgehead atoms. The van der Waals surface area contributed by atoms with Gasteiger partial charge in [0.15, 0.2) is 5.96 Å². The molecule has 4 N–H and O–H groups in total. The molecule has 0 aliphatic carbocycles. The Kier molecular flexibility index (Phi) is 8.98. The van der Waals surface area contributed by atoms with Crippen molar-refractivity contribution in [2.24, 2.45) is 10.7 Å². The molecule has 0 saturated carbocycles. The van der Waals surface area contributed by atoms with Gasteiger partial charge < -0.3 is 25.8 Å². The average molecular weight is 399 g/mol. The number of nitrogens with zero attached hydrogens (tertiary/aromatic N) is 1. The van der Waals surface area contributed by atoms with Crippen LogP contribution in [0.4, 0.5) is 0 Å². The summed E-state index contributed by atoms with van der Waals surface area (Å²) in [6.07, 6.45) is 0. The molecule has 0 aromatic heterocycles. The summed E-state index contributed by atoms with van der Waals surface area (Å²) < 4.78 is 11.2. The van der Waals surface area contributed by atoms with Crippen LogP contribution in [-0.4, -0.2) is 38.7 Å². The van der Waals surface area contributed by atoms with Crippen LogP contribution < -0.4 is 21.1 Å². The number of benzene rings is 2. The molecule has 0 spiro atoms. The number of amides is 1. The van der Waals surface area contributed by atoms with E-state index in [1.165, 1.54) is 0 Å². The minimum absolute atomic E-state index is 0.431. The van der Waals surface area contributed by atoms with Gasteiger partial charge in [0.05, 0.1) is 6.61 Å². The Morgan fingerprint density at radius 3 is 2.45 bits per heavy atom. The maximum atomic E-state index is 11.2. The third-order valence-electron chi connectivity index (χ3n) is 4.28. The van der Waals surface area contributed by atoms with Crippen molar-refractivity contribution in [3.05, 3.63) is 64.7 Å². The number of guanidine groups is 1. The number of hydrogen-bond acceptors (Lipinski definition) is 4. The highest BCUT2D eigenvalue weighted by Gasteiger charge is 2.07. The van der Waals surface area contributed by atoms with Crippen LogP contribution in [0.1, 0.15) is 34.0 Å². The molecule has 0 atom stereocenters. The quantitative estimate of drug-likeness (QED) is 0.324. The Morgan fingerprint density at radius 1 is 1.07 bits per heavy atom. The number of aryl methyl sites for hydroxylation is 1. The largest absolute Gasteiger partial charge is 0.491 e. The minimum atomic E-state index is -0.431. The Hall–Kier alpha value is -3.06. The van der Waals surface area contributed by atoms with E-state index >= 15 is 0 Å². The second-order valence-corrected chi connectivity index (χ2v) is 6.50. The Morgan fingerprint density at radius 2 is 1.79 bits per heavy atom. The molecule has 0 heterocycles. The molecular weight excluding hydrogens is 368 g/mol. The Bertz CT molecular complexity index is 819. The van der Waals surface area contributed by atoms with Crippen molar-refractivity contribution in [2.75, 3.05) is 26.9 Å². The number of carbonyl (C=O) groups excluding carboxylic acids is 1. The van der Waals surface area contributed by atoms with Gasteiger partial charge in [-0.05, 0) is 43.2 Å². The molecule has 0 radical (unpaired) electrons. The van der Waals surface area contributed by atoms with Gasteiger partial charge in [-0.3, -0.25) is 9.79 Å². The number of rotatable bonds is 10. The van der Waals surface area contributed by atoms with E-state index in [1.54, 1.807) is 19.2 Å². The summed E-state index contributed by atoms with van der Waals surface area (Å²) >= 11 is 0. The smallest absolute Gasteiger partial charge is 0.248 e.